The van der Waals surface area contributed by atoms with E-state index in [-0.39, 0.29) is 18.5 Å². The SMILES string of the molecule is C[C@H]([NH2+]CC(=O)Nc1sc2c(c1C#N)CCC2)c1ccc(F)cc1F. The molecule has 2 aromatic rings. The van der Waals surface area contributed by atoms with Gasteiger partial charge < -0.3 is 10.6 Å². The Balaban J connectivity index is 1.61. The average molecular weight is 362 g/mol. The van der Waals surface area contributed by atoms with E-state index in [1.165, 1.54) is 28.3 Å². The minimum atomic E-state index is -0.624. The maximum absolute atomic E-state index is 13.8. The number of benzene rings is 1. The molecule has 0 unspecified atom stereocenters. The molecule has 7 heteroatoms. The Bertz CT molecular complexity index is 857. The lowest BCUT2D eigenvalue weighted by Crippen LogP contribution is -2.86. The van der Waals surface area contributed by atoms with Gasteiger partial charge in [0.05, 0.1) is 5.56 Å². The first-order valence-electron chi connectivity index (χ1n) is 8.12. The number of amides is 1. The fourth-order valence-corrected chi connectivity index (χ4v) is 4.33. The van der Waals surface area contributed by atoms with Crippen LogP contribution in [0.2, 0.25) is 0 Å². The standard InChI is InChI=1S/C18H17F2N3OS/c1-10(12-6-5-11(19)7-15(12)20)22-9-17(24)23-18-14(8-21)13-3-2-4-16(13)25-18/h5-7,10,22H,2-4,9H2,1H3,(H,23,24)/p+1/t10-/m0/s1. The van der Waals surface area contributed by atoms with Crippen LogP contribution >= 0.6 is 11.3 Å². The van der Waals surface area contributed by atoms with Crippen LogP contribution in [0.4, 0.5) is 13.8 Å². The van der Waals surface area contributed by atoms with E-state index in [4.69, 9.17) is 0 Å². The average Bonchev–Trinajstić information content (AvgIpc) is 3.13. The number of anilines is 1. The number of nitrogens with two attached hydrogens (primary N) is 1. The van der Waals surface area contributed by atoms with Crippen molar-refractivity contribution < 1.29 is 18.9 Å². The van der Waals surface area contributed by atoms with Gasteiger partial charge in [-0.3, -0.25) is 4.79 Å². The van der Waals surface area contributed by atoms with E-state index >= 15 is 0 Å². The summed E-state index contributed by atoms with van der Waals surface area (Å²) in [5, 5.41) is 14.4. The Labute approximate surface area is 148 Å². The van der Waals surface area contributed by atoms with E-state index in [1.54, 1.807) is 12.2 Å². The first-order chi connectivity index (χ1) is 12.0. The number of thiophene rings is 1. The normalized spacial score (nSPS) is 14.0. The molecule has 0 radical (unpaired) electrons. The van der Waals surface area contributed by atoms with Gasteiger partial charge in [0, 0.05) is 16.5 Å². The molecule has 3 rings (SSSR count). The molecule has 1 heterocycles. The minimum absolute atomic E-state index is 0.0887. The van der Waals surface area contributed by atoms with Crippen molar-refractivity contribution in [3.63, 3.8) is 0 Å². The molecular weight excluding hydrogens is 344 g/mol. The quantitative estimate of drug-likeness (QED) is 0.859. The van der Waals surface area contributed by atoms with Crippen LogP contribution in [0.15, 0.2) is 18.2 Å². The van der Waals surface area contributed by atoms with Crippen molar-refractivity contribution in [1.29, 1.82) is 5.26 Å². The highest BCUT2D eigenvalue weighted by molar-refractivity contribution is 7.16. The summed E-state index contributed by atoms with van der Waals surface area (Å²) in [5.41, 5.74) is 1.99. The lowest BCUT2D eigenvalue weighted by molar-refractivity contribution is -0.682. The first-order valence-corrected chi connectivity index (χ1v) is 8.94. The zero-order chi connectivity index (χ0) is 18.0. The largest absolute Gasteiger partial charge is 0.332 e. The maximum atomic E-state index is 13.8. The fraction of sp³-hybridized carbons (Fsp3) is 0.333. The van der Waals surface area contributed by atoms with E-state index in [2.05, 4.69) is 11.4 Å². The lowest BCUT2D eigenvalue weighted by Gasteiger charge is -2.12. The molecule has 25 heavy (non-hydrogen) atoms. The molecule has 1 amide bonds. The Kier molecular flexibility index (Phi) is 5.11. The Morgan fingerprint density at radius 2 is 2.24 bits per heavy atom. The molecule has 0 aliphatic heterocycles. The third-order valence-corrected chi connectivity index (χ3v) is 5.60. The summed E-state index contributed by atoms with van der Waals surface area (Å²) in [7, 11) is 0. The van der Waals surface area contributed by atoms with Gasteiger partial charge >= 0.3 is 0 Å². The molecule has 130 valence electrons. The van der Waals surface area contributed by atoms with E-state index < -0.39 is 11.6 Å². The van der Waals surface area contributed by atoms with E-state index in [0.717, 1.165) is 30.9 Å². The number of carbonyl (C=O) groups is 1. The molecule has 0 saturated heterocycles. The van der Waals surface area contributed by atoms with Crippen molar-refractivity contribution in [1.82, 2.24) is 0 Å². The number of rotatable bonds is 5. The van der Waals surface area contributed by atoms with Gasteiger partial charge in [0.1, 0.15) is 28.7 Å². The second kappa shape index (κ2) is 7.30. The first kappa shape index (κ1) is 17.5. The van der Waals surface area contributed by atoms with Crippen LogP contribution in [0, 0.1) is 23.0 Å². The summed E-state index contributed by atoms with van der Waals surface area (Å²) < 4.78 is 26.7. The number of halogens is 2. The van der Waals surface area contributed by atoms with Crippen molar-refractivity contribution in [2.75, 3.05) is 11.9 Å². The van der Waals surface area contributed by atoms with Gasteiger partial charge in [-0.05, 0) is 43.9 Å². The van der Waals surface area contributed by atoms with Gasteiger partial charge in [-0.2, -0.15) is 5.26 Å². The lowest BCUT2D eigenvalue weighted by atomic mass is 10.1. The molecule has 0 bridgehead atoms. The second-order valence-corrected chi connectivity index (χ2v) is 7.22. The summed E-state index contributed by atoms with van der Waals surface area (Å²) in [6.07, 6.45) is 2.90. The molecule has 3 N–H and O–H groups in total. The predicted octanol–water partition coefficient (Wildman–Crippen LogP) is 2.65. The number of hydrogen-bond donors (Lipinski definition) is 2. The van der Waals surface area contributed by atoms with Crippen molar-refractivity contribution in [3.8, 4) is 6.07 Å². The van der Waals surface area contributed by atoms with Crippen LogP contribution in [-0.4, -0.2) is 12.5 Å². The highest BCUT2D eigenvalue weighted by Crippen LogP contribution is 2.38. The third kappa shape index (κ3) is 3.70. The van der Waals surface area contributed by atoms with Crippen LogP contribution in [-0.2, 0) is 17.6 Å². The molecule has 0 fully saturated rings. The fourth-order valence-electron chi connectivity index (χ4n) is 3.07. The highest BCUT2D eigenvalue weighted by Gasteiger charge is 2.23. The van der Waals surface area contributed by atoms with Crippen molar-refractivity contribution in [2.45, 2.75) is 32.2 Å². The molecule has 4 nitrogen and oxygen atoms in total. The summed E-state index contributed by atoms with van der Waals surface area (Å²) in [6, 6.07) is 5.29. The van der Waals surface area contributed by atoms with E-state index in [0.29, 0.717) is 16.1 Å². The molecule has 1 aliphatic carbocycles. The second-order valence-electron chi connectivity index (χ2n) is 6.12. The Hall–Kier alpha value is -2.30. The summed E-state index contributed by atoms with van der Waals surface area (Å²) in [6.45, 7) is 1.84. The minimum Gasteiger partial charge on any atom is -0.332 e. The predicted molar refractivity (Wildman–Crippen MR) is 91.3 cm³/mol. The van der Waals surface area contributed by atoms with Crippen LogP contribution in [0.1, 0.15) is 41.0 Å². The van der Waals surface area contributed by atoms with Crippen LogP contribution < -0.4 is 10.6 Å². The molecule has 1 atom stereocenters. The molecular formula is C18H18F2N3OS+. The van der Waals surface area contributed by atoms with Crippen molar-refractivity contribution >= 4 is 22.2 Å². The number of nitrogens with zero attached hydrogens (tertiary/aromatic N) is 1. The number of nitriles is 1. The van der Waals surface area contributed by atoms with Gasteiger partial charge in [-0.25, -0.2) is 8.78 Å². The number of carbonyl (C=O) groups excluding carboxylic acids is 1. The zero-order valence-corrected chi connectivity index (χ0v) is 14.6. The molecule has 0 saturated carbocycles. The van der Waals surface area contributed by atoms with Crippen LogP contribution in [0.5, 0.6) is 0 Å². The highest BCUT2D eigenvalue weighted by atomic mass is 32.1. The van der Waals surface area contributed by atoms with Gasteiger partial charge in [0.2, 0.25) is 0 Å². The number of hydrogen-bond acceptors (Lipinski definition) is 3. The van der Waals surface area contributed by atoms with Crippen molar-refractivity contribution in [3.05, 3.63) is 51.4 Å². The molecule has 1 aromatic carbocycles. The molecule has 1 aliphatic rings. The smallest absolute Gasteiger partial charge is 0.280 e. The summed E-state index contributed by atoms with van der Waals surface area (Å²) >= 11 is 1.47. The molecule has 0 spiro atoms. The van der Waals surface area contributed by atoms with Gasteiger partial charge in [0.25, 0.3) is 5.91 Å². The summed E-state index contributed by atoms with van der Waals surface area (Å²) in [5.74, 6) is -1.49. The third-order valence-electron chi connectivity index (χ3n) is 4.40. The van der Waals surface area contributed by atoms with Gasteiger partial charge in [0.15, 0.2) is 6.54 Å². The summed E-state index contributed by atoms with van der Waals surface area (Å²) in [4.78, 5) is 13.4. The maximum Gasteiger partial charge on any atom is 0.280 e. The number of aryl methyl sites for hydroxylation is 1. The van der Waals surface area contributed by atoms with Crippen molar-refractivity contribution in [2.24, 2.45) is 0 Å². The Morgan fingerprint density at radius 1 is 1.44 bits per heavy atom. The zero-order valence-electron chi connectivity index (χ0n) is 13.7. The number of nitrogens with one attached hydrogen (secondary N) is 1. The number of quaternary nitrogens is 1. The molecule has 1 aromatic heterocycles. The van der Waals surface area contributed by atoms with Gasteiger partial charge in [-0.15, -0.1) is 11.3 Å². The Morgan fingerprint density at radius 3 is 2.96 bits per heavy atom. The van der Waals surface area contributed by atoms with Gasteiger partial charge in [-0.1, -0.05) is 0 Å². The van der Waals surface area contributed by atoms with E-state index in [9.17, 15) is 18.8 Å². The monoisotopic (exact) mass is 362 g/mol. The van der Waals surface area contributed by atoms with Crippen LogP contribution in [0.25, 0.3) is 0 Å². The topological polar surface area (TPSA) is 69.5 Å². The van der Waals surface area contributed by atoms with E-state index in [1.807, 2.05) is 0 Å². The number of fused-ring (bicyclic) bond motifs is 1. The van der Waals surface area contributed by atoms with Crippen LogP contribution in [0.3, 0.4) is 0 Å².